The molecular formula is C34H71N5O2. The summed E-state index contributed by atoms with van der Waals surface area (Å²) in [6.07, 6.45) is 15.2. The van der Waals surface area contributed by atoms with Gasteiger partial charge in [0.1, 0.15) is 0 Å². The smallest absolute Gasteiger partial charge is 0.220 e. The predicted molar refractivity (Wildman–Crippen MR) is 176 cm³/mol. The van der Waals surface area contributed by atoms with Gasteiger partial charge in [-0.25, -0.2) is 0 Å². The van der Waals surface area contributed by atoms with Crippen LogP contribution >= 0.6 is 0 Å². The molecule has 0 radical (unpaired) electrons. The Morgan fingerprint density at radius 2 is 1.00 bits per heavy atom. The fourth-order valence-corrected chi connectivity index (χ4v) is 6.28. The molecule has 1 saturated carbocycles. The van der Waals surface area contributed by atoms with Gasteiger partial charge in [0, 0.05) is 49.2 Å². The topological polar surface area (TPSA) is 85.1 Å². The number of nitrogens with zero attached hydrogens (tertiary/aromatic N) is 3. The molecule has 4 fully saturated rings. The maximum Gasteiger partial charge on any atom is 0.220 e. The van der Waals surface area contributed by atoms with Crippen molar-refractivity contribution in [1.29, 1.82) is 0 Å². The third-order valence-electron chi connectivity index (χ3n) is 9.19. The number of likely N-dealkylation sites (tertiary alicyclic amines) is 3. The van der Waals surface area contributed by atoms with Crippen molar-refractivity contribution in [1.82, 2.24) is 20.0 Å². The van der Waals surface area contributed by atoms with Gasteiger partial charge in [-0.05, 0) is 119 Å². The Morgan fingerprint density at radius 3 is 1.37 bits per heavy atom. The summed E-state index contributed by atoms with van der Waals surface area (Å²) in [6.45, 7) is 24.6. The molecule has 4 rings (SSSR count). The van der Waals surface area contributed by atoms with Gasteiger partial charge in [-0.1, -0.05) is 39.5 Å². The number of aliphatic hydroxyl groups is 1. The third kappa shape index (κ3) is 17.9. The van der Waals surface area contributed by atoms with Crippen LogP contribution in [-0.4, -0.2) is 101 Å². The summed E-state index contributed by atoms with van der Waals surface area (Å²) in [5.74, 6) is -0.00148. The van der Waals surface area contributed by atoms with E-state index in [0.717, 1.165) is 63.9 Å². The first-order valence-corrected chi connectivity index (χ1v) is 17.4. The summed E-state index contributed by atoms with van der Waals surface area (Å²) in [7, 11) is 0. The summed E-state index contributed by atoms with van der Waals surface area (Å²) in [5, 5.41) is 12.8. The predicted octanol–water partition coefficient (Wildman–Crippen LogP) is 5.64. The van der Waals surface area contributed by atoms with Crippen molar-refractivity contribution >= 4 is 5.91 Å². The molecule has 4 aliphatic rings. The SMILES string of the molecule is CC(C)N1CCC(C(N)=O)CC1.CC(C)N1CCC(O)CC1.CC(C)N1CCCCC1.CC(C)NC1CCCCC1. The number of hydrogen-bond donors (Lipinski definition) is 3. The molecule has 244 valence electrons. The van der Waals surface area contributed by atoms with Crippen LogP contribution in [0.25, 0.3) is 0 Å². The van der Waals surface area contributed by atoms with E-state index in [9.17, 15) is 9.90 Å². The first kappa shape index (κ1) is 38.3. The molecule has 41 heavy (non-hydrogen) atoms. The zero-order valence-electron chi connectivity index (χ0n) is 28.5. The third-order valence-corrected chi connectivity index (χ3v) is 9.19. The van der Waals surface area contributed by atoms with Gasteiger partial charge in [-0.15, -0.1) is 0 Å². The molecule has 1 aliphatic carbocycles. The van der Waals surface area contributed by atoms with Gasteiger partial charge in [0.25, 0.3) is 0 Å². The number of aliphatic hydroxyl groups excluding tert-OH is 1. The summed E-state index contributed by atoms with van der Waals surface area (Å²) in [5.41, 5.74) is 5.23. The number of rotatable bonds is 6. The lowest BCUT2D eigenvalue weighted by Gasteiger charge is -2.33. The van der Waals surface area contributed by atoms with Crippen LogP contribution in [0, 0.1) is 5.92 Å². The largest absolute Gasteiger partial charge is 0.393 e. The second kappa shape index (κ2) is 21.9. The second-order valence-corrected chi connectivity index (χ2v) is 14.0. The Hall–Kier alpha value is -0.730. The fraction of sp³-hybridized carbons (Fsp3) is 0.971. The molecule has 3 aliphatic heterocycles. The van der Waals surface area contributed by atoms with Crippen molar-refractivity contribution < 1.29 is 9.90 Å². The van der Waals surface area contributed by atoms with Crippen LogP contribution in [0.15, 0.2) is 0 Å². The number of carbonyl (C=O) groups is 1. The van der Waals surface area contributed by atoms with Gasteiger partial charge in [-0.3, -0.25) is 4.79 Å². The fourth-order valence-electron chi connectivity index (χ4n) is 6.28. The number of nitrogens with one attached hydrogen (secondary N) is 1. The Bertz CT molecular complexity index is 629. The summed E-state index contributed by atoms with van der Waals surface area (Å²) in [6, 6.07) is 3.51. The zero-order chi connectivity index (χ0) is 30.8. The quantitative estimate of drug-likeness (QED) is 0.376. The van der Waals surface area contributed by atoms with Crippen LogP contribution in [0.3, 0.4) is 0 Å². The van der Waals surface area contributed by atoms with Crippen LogP contribution < -0.4 is 11.1 Å². The Labute approximate surface area is 255 Å². The van der Waals surface area contributed by atoms with E-state index in [1.54, 1.807) is 0 Å². The van der Waals surface area contributed by atoms with E-state index in [0.29, 0.717) is 18.1 Å². The van der Waals surface area contributed by atoms with Crippen molar-refractivity contribution in [2.45, 2.75) is 169 Å². The van der Waals surface area contributed by atoms with Gasteiger partial charge in [0.2, 0.25) is 5.91 Å². The van der Waals surface area contributed by atoms with Gasteiger partial charge in [-0.2, -0.15) is 0 Å². The molecule has 0 aromatic heterocycles. The lowest BCUT2D eigenvalue weighted by atomic mass is 9.95. The summed E-state index contributed by atoms with van der Waals surface area (Å²) < 4.78 is 0. The van der Waals surface area contributed by atoms with Crippen molar-refractivity contribution in [3.8, 4) is 0 Å². The van der Waals surface area contributed by atoms with E-state index in [1.165, 1.54) is 64.5 Å². The minimum Gasteiger partial charge on any atom is -0.393 e. The molecule has 0 bridgehead atoms. The molecule has 7 heteroatoms. The molecule has 1 amide bonds. The highest BCUT2D eigenvalue weighted by molar-refractivity contribution is 5.76. The maximum absolute atomic E-state index is 10.8. The van der Waals surface area contributed by atoms with Crippen molar-refractivity contribution in [2.75, 3.05) is 39.3 Å². The molecule has 0 aromatic carbocycles. The molecule has 3 heterocycles. The highest BCUT2D eigenvalue weighted by Crippen LogP contribution is 2.19. The monoisotopic (exact) mass is 582 g/mol. The highest BCUT2D eigenvalue weighted by atomic mass is 16.3. The highest BCUT2D eigenvalue weighted by Gasteiger charge is 2.24. The van der Waals surface area contributed by atoms with Gasteiger partial charge in [0.05, 0.1) is 6.10 Å². The minimum absolute atomic E-state index is 0.0324. The van der Waals surface area contributed by atoms with Crippen LogP contribution in [0.5, 0.6) is 0 Å². The summed E-state index contributed by atoms with van der Waals surface area (Å²) >= 11 is 0. The van der Waals surface area contributed by atoms with Crippen LogP contribution in [-0.2, 0) is 4.79 Å². The molecule has 0 spiro atoms. The molecular weight excluding hydrogens is 510 g/mol. The molecule has 0 unspecified atom stereocenters. The number of nitrogens with two attached hydrogens (primary N) is 1. The number of carbonyl (C=O) groups excluding carboxylic acids is 1. The van der Waals surface area contributed by atoms with E-state index in [2.05, 4.69) is 75.4 Å². The van der Waals surface area contributed by atoms with Crippen LogP contribution in [0.2, 0.25) is 0 Å². The van der Waals surface area contributed by atoms with Gasteiger partial charge < -0.3 is 30.9 Å². The number of primary amides is 1. The summed E-state index contributed by atoms with van der Waals surface area (Å²) in [4.78, 5) is 18.2. The Balaban J connectivity index is 0.000000275. The van der Waals surface area contributed by atoms with E-state index in [-0.39, 0.29) is 17.9 Å². The van der Waals surface area contributed by atoms with E-state index < -0.39 is 0 Å². The zero-order valence-corrected chi connectivity index (χ0v) is 28.5. The number of hydrogen-bond acceptors (Lipinski definition) is 6. The van der Waals surface area contributed by atoms with Gasteiger partial charge in [0.15, 0.2) is 0 Å². The van der Waals surface area contributed by atoms with Crippen molar-refractivity contribution in [3.05, 3.63) is 0 Å². The van der Waals surface area contributed by atoms with E-state index >= 15 is 0 Å². The van der Waals surface area contributed by atoms with Crippen molar-refractivity contribution in [2.24, 2.45) is 11.7 Å². The molecule has 0 aromatic rings. The minimum atomic E-state index is -0.126. The lowest BCUT2D eigenvalue weighted by molar-refractivity contribution is -0.123. The molecule has 4 N–H and O–H groups in total. The van der Waals surface area contributed by atoms with E-state index in [1.807, 2.05) is 0 Å². The molecule has 0 atom stereocenters. The average Bonchev–Trinajstić information content (AvgIpc) is 2.95. The van der Waals surface area contributed by atoms with Gasteiger partial charge >= 0.3 is 0 Å². The van der Waals surface area contributed by atoms with E-state index in [4.69, 9.17) is 5.73 Å². The maximum atomic E-state index is 10.8. The first-order chi connectivity index (χ1) is 19.4. The average molecular weight is 582 g/mol. The van der Waals surface area contributed by atoms with Crippen molar-refractivity contribution in [3.63, 3.8) is 0 Å². The molecule has 7 nitrogen and oxygen atoms in total. The lowest BCUT2D eigenvalue weighted by Crippen LogP contribution is -2.41. The Morgan fingerprint density at radius 1 is 0.610 bits per heavy atom. The van der Waals surface area contributed by atoms with Crippen LogP contribution in [0.4, 0.5) is 0 Å². The second-order valence-electron chi connectivity index (χ2n) is 14.0. The number of piperidine rings is 3. The standard InChI is InChI=1S/C9H18N2O.C9H19N.C8H17NO.C8H17N/c1-7(2)11-5-3-8(4-6-11)9(10)12;1-8(2)10-9-6-4-3-5-7-9;1-7(2)9-5-3-8(10)4-6-9;1-8(2)9-6-4-3-5-7-9/h7-8H,3-6H2,1-2H3,(H2,10,12);8-10H,3-7H2,1-2H3;7-8,10H,3-6H2,1-2H3;8H,3-7H2,1-2H3. The number of amides is 1. The normalized spacial score (nSPS) is 22.6. The van der Waals surface area contributed by atoms with Crippen LogP contribution in [0.1, 0.15) is 132 Å². The Kier molecular flexibility index (Phi) is 20.4. The first-order valence-electron chi connectivity index (χ1n) is 17.4. The molecule has 3 saturated heterocycles.